The van der Waals surface area contributed by atoms with Gasteiger partial charge in [-0.3, -0.25) is 9.48 Å². The fourth-order valence-electron chi connectivity index (χ4n) is 4.81. The highest BCUT2D eigenvalue weighted by Crippen LogP contribution is 2.31. The van der Waals surface area contributed by atoms with Crippen LogP contribution in [-0.4, -0.2) is 50.5 Å². The summed E-state index contributed by atoms with van der Waals surface area (Å²) in [6, 6.07) is 15.6. The molecule has 4 rings (SSSR count). The van der Waals surface area contributed by atoms with E-state index >= 15 is 0 Å². The van der Waals surface area contributed by atoms with Crippen LogP contribution in [0, 0.1) is 20.8 Å². The van der Waals surface area contributed by atoms with Crippen molar-refractivity contribution in [1.82, 2.24) is 14.3 Å². The Morgan fingerprint density at radius 1 is 1.03 bits per heavy atom. The number of hydrogen-bond acceptors (Lipinski definition) is 6. The maximum atomic E-state index is 12.9. The molecule has 0 radical (unpaired) electrons. The summed E-state index contributed by atoms with van der Waals surface area (Å²) in [4.78, 5) is 24.8. The second-order valence-electron chi connectivity index (χ2n) is 9.18. The van der Waals surface area contributed by atoms with Crippen LogP contribution >= 0.6 is 0 Å². The Morgan fingerprint density at radius 2 is 1.76 bits per heavy atom. The molecule has 2 aromatic carbocycles. The molecule has 0 aliphatic carbocycles. The van der Waals surface area contributed by atoms with E-state index in [4.69, 9.17) is 9.47 Å². The predicted molar refractivity (Wildman–Crippen MR) is 141 cm³/mol. The van der Waals surface area contributed by atoms with E-state index < -0.39 is 6.10 Å². The van der Waals surface area contributed by atoms with Gasteiger partial charge in [0.15, 0.2) is 5.78 Å². The largest absolute Gasteiger partial charge is 0.491 e. The number of Topliss-reactive ketones (excluding diaryl/α,β-unsaturated/α-hetero) is 1. The Morgan fingerprint density at radius 3 is 2.41 bits per heavy atom. The van der Waals surface area contributed by atoms with Gasteiger partial charge in [-0.25, -0.2) is 4.79 Å². The lowest BCUT2D eigenvalue weighted by molar-refractivity contribution is 0.0527. The van der Waals surface area contributed by atoms with Crippen LogP contribution in [0.2, 0.25) is 0 Å². The van der Waals surface area contributed by atoms with Crippen molar-refractivity contribution in [3.05, 3.63) is 82.3 Å². The van der Waals surface area contributed by atoms with Gasteiger partial charge in [-0.1, -0.05) is 30.3 Å². The molecule has 1 N–H and O–H groups in total. The molecule has 0 aliphatic rings. The monoisotopic (exact) mass is 503 g/mol. The average Bonchev–Trinajstić information content (AvgIpc) is 3.29. The molecule has 194 valence electrons. The van der Waals surface area contributed by atoms with Crippen molar-refractivity contribution >= 4 is 22.7 Å². The van der Waals surface area contributed by atoms with Gasteiger partial charge in [0.25, 0.3) is 0 Å². The molecule has 0 bridgehead atoms. The number of aromatic nitrogens is 3. The molecule has 2 aromatic heterocycles. The SMILES string of the molecule is CCOC(=O)c1c(C)n(Cc2ccccc2)c2ccc(OC[C@H](O)Cn3nc(C)c(C(C)=O)c3C)cc12. The van der Waals surface area contributed by atoms with E-state index in [0.29, 0.717) is 29.1 Å². The molecule has 8 heteroatoms. The molecule has 0 saturated carbocycles. The van der Waals surface area contributed by atoms with Crippen LogP contribution in [0.5, 0.6) is 5.75 Å². The maximum absolute atomic E-state index is 12.9. The molecule has 4 aromatic rings. The number of esters is 1. The van der Waals surface area contributed by atoms with E-state index in [-0.39, 0.29) is 31.5 Å². The third kappa shape index (κ3) is 5.44. The molecule has 0 spiro atoms. The number of nitrogens with zero attached hydrogens (tertiary/aromatic N) is 3. The lowest BCUT2D eigenvalue weighted by atomic mass is 10.1. The first-order chi connectivity index (χ1) is 17.7. The fourth-order valence-corrected chi connectivity index (χ4v) is 4.81. The molecular weight excluding hydrogens is 470 g/mol. The van der Waals surface area contributed by atoms with E-state index in [2.05, 4.69) is 21.8 Å². The number of carbonyl (C=O) groups excluding carboxylic acids is 2. The number of benzene rings is 2. The van der Waals surface area contributed by atoms with E-state index in [1.54, 1.807) is 18.5 Å². The minimum atomic E-state index is -0.845. The van der Waals surface area contributed by atoms with Gasteiger partial charge in [0.2, 0.25) is 0 Å². The smallest absolute Gasteiger partial charge is 0.340 e. The lowest BCUT2D eigenvalue weighted by Gasteiger charge is -2.14. The van der Waals surface area contributed by atoms with Crippen molar-refractivity contribution in [1.29, 1.82) is 0 Å². The second kappa shape index (κ2) is 11.0. The zero-order chi connectivity index (χ0) is 26.7. The number of aliphatic hydroxyl groups is 1. The van der Waals surface area contributed by atoms with Gasteiger partial charge in [-0.15, -0.1) is 0 Å². The summed E-state index contributed by atoms with van der Waals surface area (Å²) in [5.74, 6) is 0.110. The zero-order valence-electron chi connectivity index (χ0n) is 21.9. The predicted octanol–water partition coefficient (Wildman–Crippen LogP) is 4.63. The summed E-state index contributed by atoms with van der Waals surface area (Å²) >= 11 is 0. The van der Waals surface area contributed by atoms with Gasteiger partial charge in [0, 0.05) is 28.8 Å². The molecule has 1 atom stereocenters. The van der Waals surface area contributed by atoms with Gasteiger partial charge in [0.1, 0.15) is 18.5 Å². The maximum Gasteiger partial charge on any atom is 0.340 e. The molecule has 37 heavy (non-hydrogen) atoms. The third-order valence-electron chi connectivity index (χ3n) is 6.52. The normalized spacial score (nSPS) is 12.1. The molecule has 0 aliphatic heterocycles. The van der Waals surface area contributed by atoms with Gasteiger partial charge in [0.05, 0.1) is 30.0 Å². The lowest BCUT2D eigenvalue weighted by Crippen LogP contribution is -2.25. The molecule has 0 fully saturated rings. The molecule has 0 unspecified atom stereocenters. The standard InChI is InChI=1S/C29H33N3O5/c1-6-36-29(35)28-19(3)31(15-22-10-8-7-9-11-22)26-13-12-24(14-25(26)28)37-17-23(34)16-32-20(4)27(21(5)33)18(2)30-32/h7-14,23,34H,6,15-17H2,1-5H3/t23-/m1/s1. The Bertz CT molecular complexity index is 1440. The summed E-state index contributed by atoms with van der Waals surface area (Å²) in [5, 5.41) is 15.7. The van der Waals surface area contributed by atoms with E-state index in [1.807, 2.05) is 50.2 Å². The number of ether oxygens (including phenoxy) is 2. The number of aryl methyl sites for hydroxylation is 1. The number of rotatable bonds is 10. The Kier molecular flexibility index (Phi) is 7.78. The van der Waals surface area contributed by atoms with E-state index in [0.717, 1.165) is 27.9 Å². The third-order valence-corrected chi connectivity index (χ3v) is 6.52. The van der Waals surface area contributed by atoms with E-state index in [9.17, 15) is 14.7 Å². The van der Waals surface area contributed by atoms with Crippen molar-refractivity contribution in [2.45, 2.75) is 53.8 Å². The Labute approximate surface area is 216 Å². The highest BCUT2D eigenvalue weighted by atomic mass is 16.5. The van der Waals surface area contributed by atoms with Crippen LogP contribution in [-0.2, 0) is 17.8 Å². The van der Waals surface area contributed by atoms with Crippen LogP contribution in [0.15, 0.2) is 48.5 Å². The molecule has 2 heterocycles. The molecule has 8 nitrogen and oxygen atoms in total. The van der Waals surface area contributed by atoms with Crippen LogP contribution < -0.4 is 4.74 Å². The van der Waals surface area contributed by atoms with Crippen molar-refractivity contribution in [3.8, 4) is 5.75 Å². The number of ketones is 1. The number of carbonyl (C=O) groups is 2. The van der Waals surface area contributed by atoms with Gasteiger partial charge < -0.3 is 19.1 Å². The second-order valence-corrected chi connectivity index (χ2v) is 9.18. The number of aliphatic hydroxyl groups excluding tert-OH is 1. The minimum Gasteiger partial charge on any atom is -0.491 e. The molecule has 0 amide bonds. The van der Waals surface area contributed by atoms with Crippen LogP contribution in [0.1, 0.15) is 57.2 Å². The summed E-state index contributed by atoms with van der Waals surface area (Å²) in [6.45, 7) is 9.94. The number of hydrogen-bond donors (Lipinski definition) is 1. The van der Waals surface area contributed by atoms with Crippen molar-refractivity contribution < 1.29 is 24.2 Å². The zero-order valence-corrected chi connectivity index (χ0v) is 21.9. The van der Waals surface area contributed by atoms with Crippen LogP contribution in [0.25, 0.3) is 10.9 Å². The van der Waals surface area contributed by atoms with Crippen molar-refractivity contribution in [2.24, 2.45) is 0 Å². The minimum absolute atomic E-state index is 0.0255. The first-order valence-electron chi connectivity index (χ1n) is 12.4. The van der Waals surface area contributed by atoms with Crippen LogP contribution in [0.3, 0.4) is 0 Å². The highest BCUT2D eigenvalue weighted by molar-refractivity contribution is 6.06. The Balaban J connectivity index is 1.58. The van der Waals surface area contributed by atoms with Gasteiger partial charge in [-0.2, -0.15) is 5.10 Å². The van der Waals surface area contributed by atoms with Gasteiger partial charge >= 0.3 is 5.97 Å². The number of fused-ring (bicyclic) bond motifs is 1. The summed E-state index contributed by atoms with van der Waals surface area (Å²) in [6.07, 6.45) is -0.845. The quantitative estimate of drug-likeness (QED) is 0.250. The summed E-state index contributed by atoms with van der Waals surface area (Å²) < 4.78 is 15.0. The average molecular weight is 504 g/mol. The summed E-state index contributed by atoms with van der Waals surface area (Å²) in [5.41, 5.74) is 5.30. The fraction of sp³-hybridized carbons (Fsp3) is 0.345. The Hall–Kier alpha value is -3.91. The summed E-state index contributed by atoms with van der Waals surface area (Å²) in [7, 11) is 0. The van der Waals surface area contributed by atoms with Crippen molar-refractivity contribution in [3.63, 3.8) is 0 Å². The highest BCUT2D eigenvalue weighted by Gasteiger charge is 2.22. The topological polar surface area (TPSA) is 95.6 Å². The van der Waals surface area contributed by atoms with E-state index in [1.165, 1.54) is 6.92 Å². The van der Waals surface area contributed by atoms with Gasteiger partial charge in [-0.05, 0) is 58.4 Å². The van der Waals surface area contributed by atoms with Crippen LogP contribution in [0.4, 0.5) is 0 Å². The van der Waals surface area contributed by atoms with Crippen molar-refractivity contribution in [2.75, 3.05) is 13.2 Å². The molecular formula is C29H33N3O5. The first kappa shape index (κ1) is 26.2. The first-order valence-corrected chi connectivity index (χ1v) is 12.4. The molecule has 0 saturated heterocycles.